The van der Waals surface area contributed by atoms with E-state index in [0.717, 1.165) is 17.3 Å². The summed E-state index contributed by atoms with van der Waals surface area (Å²) in [5.41, 5.74) is 2.34. The van der Waals surface area contributed by atoms with Gasteiger partial charge in [-0.3, -0.25) is 0 Å². The number of hydrogen-bond donors (Lipinski definition) is 1. The van der Waals surface area contributed by atoms with E-state index < -0.39 is 0 Å². The molecule has 2 unspecified atom stereocenters. The lowest BCUT2D eigenvalue weighted by Crippen LogP contribution is -2.24. The summed E-state index contributed by atoms with van der Waals surface area (Å²) in [6, 6.07) is 6.66. The first kappa shape index (κ1) is 15.3. The molecule has 0 aliphatic carbocycles. The highest BCUT2D eigenvalue weighted by Crippen LogP contribution is 2.28. The maximum absolute atomic E-state index is 6.38. The van der Waals surface area contributed by atoms with Crippen LogP contribution in [0.3, 0.4) is 0 Å². The molecular weight excluding hydrogens is 244 g/mol. The second kappa shape index (κ2) is 7.01. The largest absolute Gasteiger partial charge is 0.373 e. The minimum absolute atomic E-state index is 0.330. The lowest BCUT2D eigenvalue weighted by molar-refractivity contribution is 0.560. The summed E-state index contributed by atoms with van der Waals surface area (Å²) >= 11 is 6.38. The second-order valence-corrected chi connectivity index (χ2v) is 5.52. The SMILES string of the molecule is CCC(C)CN(C)c1ccc(C(C)NC)cc1Cl. The fourth-order valence-electron chi connectivity index (χ4n) is 1.96. The molecule has 0 saturated carbocycles. The zero-order valence-electron chi connectivity index (χ0n) is 12.1. The molecule has 1 rings (SSSR count). The Labute approximate surface area is 116 Å². The molecule has 0 aliphatic rings. The van der Waals surface area contributed by atoms with Gasteiger partial charge in [0.2, 0.25) is 0 Å². The highest BCUT2D eigenvalue weighted by Gasteiger charge is 2.11. The first-order chi connectivity index (χ1) is 8.49. The third-order valence-electron chi connectivity index (χ3n) is 3.60. The number of halogens is 1. The van der Waals surface area contributed by atoms with E-state index in [2.05, 4.69) is 56.2 Å². The monoisotopic (exact) mass is 268 g/mol. The summed E-state index contributed by atoms with van der Waals surface area (Å²) in [5.74, 6) is 0.682. The maximum atomic E-state index is 6.38. The molecule has 2 atom stereocenters. The smallest absolute Gasteiger partial charge is 0.0642 e. The van der Waals surface area contributed by atoms with Gasteiger partial charge in [0.05, 0.1) is 10.7 Å². The summed E-state index contributed by atoms with van der Waals surface area (Å²) in [7, 11) is 4.07. The van der Waals surface area contributed by atoms with Crippen molar-refractivity contribution in [2.24, 2.45) is 5.92 Å². The quantitative estimate of drug-likeness (QED) is 0.836. The Balaban J connectivity index is 2.84. The molecule has 1 aromatic carbocycles. The molecule has 0 aromatic heterocycles. The first-order valence-corrected chi connectivity index (χ1v) is 7.05. The van der Waals surface area contributed by atoms with Crippen LogP contribution in [-0.4, -0.2) is 20.6 Å². The van der Waals surface area contributed by atoms with Crippen LogP contribution in [0.2, 0.25) is 5.02 Å². The van der Waals surface area contributed by atoms with Crippen LogP contribution in [0.15, 0.2) is 18.2 Å². The molecule has 0 heterocycles. The van der Waals surface area contributed by atoms with E-state index in [0.29, 0.717) is 12.0 Å². The van der Waals surface area contributed by atoms with Gasteiger partial charge in [-0.15, -0.1) is 0 Å². The average molecular weight is 269 g/mol. The highest BCUT2D eigenvalue weighted by atomic mass is 35.5. The van der Waals surface area contributed by atoms with Gasteiger partial charge < -0.3 is 10.2 Å². The summed E-state index contributed by atoms with van der Waals surface area (Å²) < 4.78 is 0. The van der Waals surface area contributed by atoms with Gasteiger partial charge in [0, 0.05) is 19.6 Å². The van der Waals surface area contributed by atoms with Gasteiger partial charge in [0.25, 0.3) is 0 Å². The predicted molar refractivity (Wildman–Crippen MR) is 81.7 cm³/mol. The molecule has 0 spiro atoms. The van der Waals surface area contributed by atoms with Crippen molar-refractivity contribution in [1.82, 2.24) is 5.32 Å². The Kier molecular flexibility index (Phi) is 5.97. The normalized spacial score (nSPS) is 14.3. The van der Waals surface area contributed by atoms with Gasteiger partial charge in [0.1, 0.15) is 0 Å². The van der Waals surface area contributed by atoms with Gasteiger partial charge in [-0.1, -0.05) is 37.9 Å². The molecule has 2 nitrogen and oxygen atoms in total. The Morgan fingerprint density at radius 1 is 1.33 bits per heavy atom. The van der Waals surface area contributed by atoms with Crippen molar-refractivity contribution >= 4 is 17.3 Å². The number of nitrogens with one attached hydrogen (secondary N) is 1. The molecule has 1 aromatic rings. The molecule has 0 radical (unpaired) electrons. The van der Waals surface area contributed by atoms with Crippen molar-refractivity contribution in [3.8, 4) is 0 Å². The molecule has 18 heavy (non-hydrogen) atoms. The van der Waals surface area contributed by atoms with Gasteiger partial charge >= 0.3 is 0 Å². The molecular formula is C15H25ClN2. The van der Waals surface area contributed by atoms with Crippen LogP contribution in [-0.2, 0) is 0 Å². The van der Waals surface area contributed by atoms with Crippen molar-refractivity contribution in [1.29, 1.82) is 0 Å². The van der Waals surface area contributed by atoms with E-state index in [-0.39, 0.29) is 0 Å². The van der Waals surface area contributed by atoms with Crippen molar-refractivity contribution in [3.63, 3.8) is 0 Å². The third kappa shape index (κ3) is 3.89. The summed E-state index contributed by atoms with van der Waals surface area (Å²) in [5, 5.41) is 4.06. The van der Waals surface area contributed by atoms with Gasteiger partial charge in [0.15, 0.2) is 0 Å². The van der Waals surface area contributed by atoms with Crippen molar-refractivity contribution in [3.05, 3.63) is 28.8 Å². The molecule has 0 aliphatic heterocycles. The van der Waals surface area contributed by atoms with Crippen LogP contribution in [0.5, 0.6) is 0 Å². The number of rotatable bonds is 6. The fourth-order valence-corrected chi connectivity index (χ4v) is 2.30. The van der Waals surface area contributed by atoms with Gasteiger partial charge in [-0.05, 0) is 37.6 Å². The van der Waals surface area contributed by atoms with E-state index in [4.69, 9.17) is 11.6 Å². The third-order valence-corrected chi connectivity index (χ3v) is 3.90. The van der Waals surface area contributed by atoms with E-state index in [9.17, 15) is 0 Å². The first-order valence-electron chi connectivity index (χ1n) is 6.67. The Morgan fingerprint density at radius 2 is 2.00 bits per heavy atom. The Morgan fingerprint density at radius 3 is 2.50 bits per heavy atom. The molecule has 1 N–H and O–H groups in total. The average Bonchev–Trinajstić information content (AvgIpc) is 2.37. The molecule has 3 heteroatoms. The standard InChI is InChI=1S/C15H25ClN2/c1-6-11(2)10-18(5)15-8-7-13(9-14(15)16)12(3)17-4/h7-9,11-12,17H,6,10H2,1-5H3. The van der Waals surface area contributed by atoms with Crippen molar-refractivity contribution in [2.75, 3.05) is 25.5 Å². The second-order valence-electron chi connectivity index (χ2n) is 5.12. The van der Waals surface area contributed by atoms with Gasteiger partial charge in [-0.25, -0.2) is 0 Å². The van der Waals surface area contributed by atoms with Gasteiger partial charge in [-0.2, -0.15) is 0 Å². The fraction of sp³-hybridized carbons (Fsp3) is 0.600. The van der Waals surface area contributed by atoms with Crippen LogP contribution in [0.25, 0.3) is 0 Å². The van der Waals surface area contributed by atoms with Crippen LogP contribution < -0.4 is 10.2 Å². The zero-order valence-corrected chi connectivity index (χ0v) is 12.9. The van der Waals surface area contributed by atoms with Crippen molar-refractivity contribution < 1.29 is 0 Å². The number of hydrogen-bond acceptors (Lipinski definition) is 2. The molecule has 102 valence electrons. The molecule has 0 fully saturated rings. The highest BCUT2D eigenvalue weighted by molar-refractivity contribution is 6.33. The number of anilines is 1. The number of benzene rings is 1. The maximum Gasteiger partial charge on any atom is 0.0642 e. The minimum atomic E-state index is 0.330. The Bertz CT molecular complexity index is 379. The summed E-state index contributed by atoms with van der Waals surface area (Å²) in [4.78, 5) is 2.24. The van der Waals surface area contributed by atoms with Crippen molar-refractivity contribution in [2.45, 2.75) is 33.2 Å². The molecule has 0 saturated heterocycles. The lowest BCUT2D eigenvalue weighted by atomic mass is 10.1. The summed E-state index contributed by atoms with van der Waals surface area (Å²) in [6.45, 7) is 7.66. The van der Waals surface area contributed by atoms with Crippen LogP contribution in [0, 0.1) is 5.92 Å². The molecule has 0 bridgehead atoms. The van der Waals surface area contributed by atoms with E-state index in [1.165, 1.54) is 12.0 Å². The Hall–Kier alpha value is -0.730. The zero-order chi connectivity index (χ0) is 13.7. The number of nitrogens with zero attached hydrogens (tertiary/aromatic N) is 1. The molecule has 0 amide bonds. The topological polar surface area (TPSA) is 15.3 Å². The van der Waals surface area contributed by atoms with E-state index in [1.54, 1.807) is 0 Å². The van der Waals surface area contributed by atoms with Crippen LogP contribution in [0.4, 0.5) is 5.69 Å². The van der Waals surface area contributed by atoms with Crippen LogP contribution in [0.1, 0.15) is 38.8 Å². The van der Waals surface area contributed by atoms with Crippen LogP contribution >= 0.6 is 11.6 Å². The van der Waals surface area contributed by atoms with E-state index >= 15 is 0 Å². The lowest BCUT2D eigenvalue weighted by Gasteiger charge is -2.24. The van der Waals surface area contributed by atoms with E-state index in [1.807, 2.05) is 7.05 Å². The predicted octanol–water partition coefficient (Wildman–Crippen LogP) is 4.10. The summed E-state index contributed by atoms with van der Waals surface area (Å²) in [6.07, 6.45) is 1.19. The minimum Gasteiger partial charge on any atom is -0.373 e.